The number of nitrogens with one attached hydrogen (secondary N) is 2. The average molecular weight is 409 g/mol. The topological polar surface area (TPSA) is 94.6 Å². The van der Waals surface area contributed by atoms with Crippen molar-refractivity contribution in [2.75, 3.05) is 18.4 Å². The number of carbonyl (C=O) groups is 2. The number of likely N-dealkylation sites (tertiary alicyclic amines) is 1. The Morgan fingerprint density at radius 2 is 2.10 bits per heavy atom. The molecule has 0 aliphatic carbocycles. The molecule has 2 aromatic rings. The van der Waals surface area contributed by atoms with Crippen LogP contribution in [-0.4, -0.2) is 52.0 Å². The molecule has 30 heavy (non-hydrogen) atoms. The van der Waals surface area contributed by atoms with Gasteiger partial charge in [-0.3, -0.25) is 14.6 Å². The van der Waals surface area contributed by atoms with Crippen molar-refractivity contribution in [3.05, 3.63) is 59.9 Å². The number of pyridine rings is 1. The van der Waals surface area contributed by atoms with Crippen molar-refractivity contribution in [1.82, 2.24) is 15.2 Å². The molecule has 158 valence electrons. The summed E-state index contributed by atoms with van der Waals surface area (Å²) < 4.78 is 0. The predicted molar refractivity (Wildman–Crippen MR) is 114 cm³/mol. The van der Waals surface area contributed by atoms with Gasteiger partial charge in [-0.05, 0) is 49.4 Å². The van der Waals surface area contributed by atoms with E-state index >= 15 is 0 Å². The van der Waals surface area contributed by atoms with Gasteiger partial charge in [0.2, 0.25) is 11.8 Å². The number of anilines is 1. The van der Waals surface area contributed by atoms with E-state index in [9.17, 15) is 14.7 Å². The van der Waals surface area contributed by atoms with E-state index in [0.29, 0.717) is 19.0 Å². The summed E-state index contributed by atoms with van der Waals surface area (Å²) >= 11 is 0. The second kappa shape index (κ2) is 9.36. The van der Waals surface area contributed by atoms with E-state index in [1.807, 2.05) is 36.4 Å². The van der Waals surface area contributed by atoms with Gasteiger partial charge in [0.1, 0.15) is 0 Å². The van der Waals surface area contributed by atoms with Crippen LogP contribution in [0.1, 0.15) is 42.9 Å². The van der Waals surface area contributed by atoms with E-state index in [-0.39, 0.29) is 24.4 Å². The molecule has 4 rings (SSSR count). The fourth-order valence-electron chi connectivity index (χ4n) is 4.30. The molecule has 0 bridgehead atoms. The molecule has 2 saturated heterocycles. The zero-order valence-corrected chi connectivity index (χ0v) is 17.0. The third-order valence-electron chi connectivity index (χ3n) is 5.91. The van der Waals surface area contributed by atoms with Crippen LogP contribution >= 0.6 is 0 Å². The third kappa shape index (κ3) is 5.04. The van der Waals surface area contributed by atoms with Gasteiger partial charge >= 0.3 is 0 Å². The van der Waals surface area contributed by atoms with Crippen LogP contribution in [0.2, 0.25) is 0 Å². The van der Waals surface area contributed by atoms with Crippen LogP contribution in [0, 0.1) is 0 Å². The largest absolute Gasteiger partial charge is 0.387 e. The molecule has 0 radical (unpaired) electrons. The molecular formula is C23H28N4O3. The maximum atomic E-state index is 12.2. The summed E-state index contributed by atoms with van der Waals surface area (Å²) in [4.78, 5) is 29.5. The van der Waals surface area contributed by atoms with Crippen molar-refractivity contribution in [3.63, 3.8) is 0 Å². The first-order valence-corrected chi connectivity index (χ1v) is 10.6. The standard InChI is InChI=1S/C23H28N4O3/c28-21(15-27-12-2-4-22(27)29)26-18-7-5-16(6-8-18)13-19-9-10-20(25-19)23(30)17-3-1-11-24-14-17/h1,3,5-8,11,14,19-20,23,25,30H,2,4,9-10,12-13,15H2,(H,26,28)/t19-,20+,23+/m0/s1. The summed E-state index contributed by atoms with van der Waals surface area (Å²) in [6, 6.07) is 11.9. The molecule has 2 aliphatic heterocycles. The maximum Gasteiger partial charge on any atom is 0.243 e. The molecule has 1 aromatic heterocycles. The molecule has 1 aromatic carbocycles. The fraction of sp³-hybridized carbons (Fsp3) is 0.435. The summed E-state index contributed by atoms with van der Waals surface area (Å²) in [5.74, 6) is -0.112. The number of carbonyl (C=O) groups excluding carboxylic acids is 2. The molecule has 7 heteroatoms. The normalized spacial score (nSPS) is 22.3. The van der Waals surface area contributed by atoms with E-state index in [4.69, 9.17) is 0 Å². The summed E-state index contributed by atoms with van der Waals surface area (Å²) in [5, 5.41) is 17.0. The van der Waals surface area contributed by atoms with Gasteiger partial charge in [0.25, 0.3) is 0 Å². The molecule has 0 spiro atoms. The number of hydrogen-bond acceptors (Lipinski definition) is 5. The highest BCUT2D eigenvalue weighted by Gasteiger charge is 2.30. The van der Waals surface area contributed by atoms with Gasteiger partial charge < -0.3 is 20.6 Å². The minimum atomic E-state index is -0.552. The fourth-order valence-corrected chi connectivity index (χ4v) is 4.30. The Morgan fingerprint density at radius 1 is 1.27 bits per heavy atom. The summed E-state index contributed by atoms with van der Waals surface area (Å²) in [6.45, 7) is 0.781. The number of rotatable bonds is 7. The first-order chi connectivity index (χ1) is 14.6. The number of benzene rings is 1. The van der Waals surface area contributed by atoms with E-state index < -0.39 is 6.10 Å². The lowest BCUT2D eigenvalue weighted by molar-refractivity contribution is -0.131. The smallest absolute Gasteiger partial charge is 0.243 e. The van der Waals surface area contributed by atoms with Gasteiger partial charge in [0.05, 0.1) is 12.6 Å². The number of aromatic nitrogens is 1. The zero-order valence-electron chi connectivity index (χ0n) is 17.0. The van der Waals surface area contributed by atoms with E-state index in [2.05, 4.69) is 15.6 Å². The summed E-state index contributed by atoms with van der Waals surface area (Å²) in [7, 11) is 0. The highest BCUT2D eigenvalue weighted by Crippen LogP contribution is 2.26. The van der Waals surface area contributed by atoms with Gasteiger partial charge in [-0.1, -0.05) is 18.2 Å². The Labute approximate surface area is 176 Å². The minimum absolute atomic E-state index is 0.0334. The van der Waals surface area contributed by atoms with Crippen LogP contribution in [0.4, 0.5) is 5.69 Å². The van der Waals surface area contributed by atoms with Crippen LogP contribution in [0.15, 0.2) is 48.8 Å². The Bertz CT molecular complexity index is 872. The van der Waals surface area contributed by atoms with Crippen molar-refractivity contribution in [3.8, 4) is 0 Å². The van der Waals surface area contributed by atoms with Crippen molar-refractivity contribution in [2.45, 2.75) is 50.3 Å². The van der Waals surface area contributed by atoms with Gasteiger partial charge in [-0.15, -0.1) is 0 Å². The summed E-state index contributed by atoms with van der Waals surface area (Å²) in [6.07, 6.45) is 7.03. The molecule has 3 heterocycles. The SMILES string of the molecule is O=C(CN1CCCC1=O)Nc1ccc(C[C@@H]2CC[C@H]([C@H](O)c3cccnc3)N2)cc1. The number of amides is 2. The van der Waals surface area contributed by atoms with Crippen LogP contribution in [0.5, 0.6) is 0 Å². The molecule has 3 atom stereocenters. The van der Waals surface area contributed by atoms with Gasteiger partial charge in [0.15, 0.2) is 0 Å². The Morgan fingerprint density at radius 3 is 2.80 bits per heavy atom. The highest BCUT2D eigenvalue weighted by molar-refractivity contribution is 5.94. The minimum Gasteiger partial charge on any atom is -0.387 e. The monoisotopic (exact) mass is 408 g/mol. The van der Waals surface area contributed by atoms with Crippen molar-refractivity contribution < 1.29 is 14.7 Å². The molecule has 0 unspecified atom stereocenters. The zero-order chi connectivity index (χ0) is 20.9. The average Bonchev–Trinajstić information content (AvgIpc) is 3.39. The third-order valence-corrected chi connectivity index (χ3v) is 5.91. The van der Waals surface area contributed by atoms with Crippen molar-refractivity contribution in [2.24, 2.45) is 0 Å². The van der Waals surface area contributed by atoms with Crippen molar-refractivity contribution >= 4 is 17.5 Å². The lowest BCUT2D eigenvalue weighted by Crippen LogP contribution is -2.35. The highest BCUT2D eigenvalue weighted by atomic mass is 16.3. The number of aliphatic hydroxyl groups is 1. The van der Waals surface area contributed by atoms with Gasteiger partial charge in [-0.25, -0.2) is 0 Å². The number of hydrogen-bond donors (Lipinski definition) is 3. The predicted octanol–water partition coefficient (Wildman–Crippen LogP) is 2.04. The Hall–Kier alpha value is -2.77. The Kier molecular flexibility index (Phi) is 6.40. The molecule has 2 aliphatic rings. The maximum absolute atomic E-state index is 12.2. The van der Waals surface area contributed by atoms with E-state index in [0.717, 1.165) is 36.9 Å². The quantitative estimate of drug-likeness (QED) is 0.652. The summed E-state index contributed by atoms with van der Waals surface area (Å²) in [5.41, 5.74) is 2.75. The number of aliphatic hydroxyl groups excluding tert-OH is 1. The van der Waals surface area contributed by atoms with E-state index in [1.54, 1.807) is 17.3 Å². The molecule has 2 fully saturated rings. The van der Waals surface area contributed by atoms with Crippen molar-refractivity contribution in [1.29, 1.82) is 0 Å². The van der Waals surface area contributed by atoms with Crippen LogP contribution < -0.4 is 10.6 Å². The molecular weight excluding hydrogens is 380 g/mol. The lowest BCUT2D eigenvalue weighted by atomic mass is 10.0. The van der Waals surface area contributed by atoms with Crippen LogP contribution in [0.25, 0.3) is 0 Å². The Balaban J connectivity index is 1.26. The van der Waals surface area contributed by atoms with Gasteiger partial charge in [0, 0.05) is 48.7 Å². The number of nitrogens with zero attached hydrogens (tertiary/aromatic N) is 2. The first-order valence-electron chi connectivity index (χ1n) is 10.6. The van der Waals surface area contributed by atoms with Crippen LogP contribution in [0.3, 0.4) is 0 Å². The molecule has 2 amide bonds. The molecule has 7 nitrogen and oxygen atoms in total. The van der Waals surface area contributed by atoms with E-state index in [1.165, 1.54) is 5.56 Å². The van der Waals surface area contributed by atoms with Gasteiger partial charge in [-0.2, -0.15) is 0 Å². The second-order valence-electron chi connectivity index (χ2n) is 8.15. The first kappa shape index (κ1) is 20.5. The molecule has 3 N–H and O–H groups in total. The molecule has 0 saturated carbocycles. The lowest BCUT2D eigenvalue weighted by Gasteiger charge is -2.20. The second-order valence-corrected chi connectivity index (χ2v) is 8.15. The van der Waals surface area contributed by atoms with Crippen LogP contribution in [-0.2, 0) is 16.0 Å².